The summed E-state index contributed by atoms with van der Waals surface area (Å²) in [5.74, 6) is 2.66. The molecule has 1 aliphatic heterocycles. The largest absolute Gasteiger partial charge is 0.384 e. The Bertz CT molecular complexity index is 607. The van der Waals surface area contributed by atoms with E-state index in [-0.39, 0.29) is 23.2 Å². The van der Waals surface area contributed by atoms with Crippen molar-refractivity contribution in [1.29, 1.82) is 0 Å². The molecule has 0 saturated carbocycles. The van der Waals surface area contributed by atoms with Crippen LogP contribution in [0.25, 0.3) is 0 Å². The Morgan fingerprint density at radius 3 is 2.52 bits per heavy atom. The maximum absolute atomic E-state index is 12.1. The molecule has 128 valence electrons. The van der Waals surface area contributed by atoms with E-state index in [9.17, 15) is 13.2 Å². The molecule has 5 nitrogen and oxygen atoms in total. The second-order valence-electron chi connectivity index (χ2n) is 5.60. The Kier molecular flexibility index (Phi) is 6.92. The highest BCUT2D eigenvalue weighted by molar-refractivity contribution is 7.99. The van der Waals surface area contributed by atoms with E-state index in [0.717, 1.165) is 24.3 Å². The minimum atomic E-state index is -3.35. The molecule has 23 heavy (non-hydrogen) atoms. The van der Waals surface area contributed by atoms with Crippen LogP contribution in [-0.2, 0) is 14.6 Å². The number of sulfone groups is 1. The second kappa shape index (κ2) is 8.70. The van der Waals surface area contributed by atoms with E-state index in [1.807, 2.05) is 11.8 Å². The lowest BCUT2D eigenvalue weighted by molar-refractivity contribution is 0.0946. The number of nitrogens with one attached hydrogen (secondary N) is 1. The smallest absolute Gasteiger partial charge is 0.251 e. The summed E-state index contributed by atoms with van der Waals surface area (Å²) in [6.07, 6.45) is 2.28. The zero-order chi connectivity index (χ0) is 16.7. The number of amides is 1. The van der Waals surface area contributed by atoms with Crippen LogP contribution in [0.3, 0.4) is 0 Å². The fourth-order valence-electron chi connectivity index (χ4n) is 2.41. The van der Waals surface area contributed by atoms with Crippen LogP contribution in [0.15, 0.2) is 29.2 Å². The fraction of sp³-hybridized carbons (Fsp3) is 0.562. The number of methoxy groups -OCH3 is 1. The average molecular weight is 357 g/mol. The van der Waals surface area contributed by atoms with Gasteiger partial charge in [-0.15, -0.1) is 0 Å². The van der Waals surface area contributed by atoms with Gasteiger partial charge in [-0.1, -0.05) is 0 Å². The molecule has 1 N–H and O–H groups in total. The third-order valence-corrected chi connectivity index (χ3v) is 6.67. The molecule has 0 aliphatic carbocycles. The molecular formula is C16H23NO4S2. The van der Waals surface area contributed by atoms with Crippen molar-refractivity contribution in [2.24, 2.45) is 5.92 Å². The summed E-state index contributed by atoms with van der Waals surface area (Å²) in [4.78, 5) is 12.4. The Morgan fingerprint density at radius 2 is 1.91 bits per heavy atom. The third-order valence-electron chi connectivity index (χ3n) is 3.92. The lowest BCUT2D eigenvalue weighted by atomic mass is 10.0. The van der Waals surface area contributed by atoms with Crippen LogP contribution in [0.1, 0.15) is 23.2 Å². The van der Waals surface area contributed by atoms with Gasteiger partial charge in [0.2, 0.25) is 0 Å². The number of hydrogen-bond acceptors (Lipinski definition) is 5. The lowest BCUT2D eigenvalue weighted by Crippen LogP contribution is -2.30. The third kappa shape index (κ3) is 5.51. The Hall–Kier alpha value is -1.05. The van der Waals surface area contributed by atoms with Gasteiger partial charge < -0.3 is 10.1 Å². The molecule has 7 heteroatoms. The topological polar surface area (TPSA) is 72.5 Å². The summed E-state index contributed by atoms with van der Waals surface area (Å²) < 4.78 is 28.8. The van der Waals surface area contributed by atoms with Gasteiger partial charge in [-0.3, -0.25) is 4.79 Å². The number of carbonyl (C=O) groups is 1. The zero-order valence-electron chi connectivity index (χ0n) is 13.3. The SMILES string of the molecule is COCCS(=O)(=O)c1ccc(C(=O)NCC2CCSCC2)cc1. The lowest BCUT2D eigenvalue weighted by Gasteiger charge is -2.21. The molecule has 0 atom stereocenters. The van der Waals surface area contributed by atoms with E-state index >= 15 is 0 Å². The van der Waals surface area contributed by atoms with Crippen molar-refractivity contribution >= 4 is 27.5 Å². The highest BCUT2D eigenvalue weighted by Crippen LogP contribution is 2.22. The minimum Gasteiger partial charge on any atom is -0.384 e. The zero-order valence-corrected chi connectivity index (χ0v) is 14.9. The summed E-state index contributed by atoms with van der Waals surface area (Å²) in [6.45, 7) is 0.845. The molecule has 0 spiro atoms. The maximum Gasteiger partial charge on any atom is 0.251 e. The van der Waals surface area contributed by atoms with Crippen molar-refractivity contribution in [1.82, 2.24) is 5.32 Å². The summed E-state index contributed by atoms with van der Waals surface area (Å²) in [5, 5.41) is 2.94. The van der Waals surface area contributed by atoms with Gasteiger partial charge in [0.25, 0.3) is 5.91 Å². The Morgan fingerprint density at radius 1 is 1.26 bits per heavy atom. The average Bonchev–Trinajstić information content (AvgIpc) is 2.59. The summed E-state index contributed by atoms with van der Waals surface area (Å²) in [7, 11) is -1.89. The van der Waals surface area contributed by atoms with Gasteiger partial charge in [0.05, 0.1) is 17.3 Å². The standard InChI is InChI=1S/C16H23NO4S2/c1-21-8-11-23(19,20)15-4-2-14(3-5-15)16(18)17-12-13-6-9-22-10-7-13/h2-5,13H,6-12H2,1H3,(H,17,18). The molecule has 1 aromatic rings. The van der Waals surface area contributed by atoms with Gasteiger partial charge in [0.1, 0.15) is 0 Å². The van der Waals surface area contributed by atoms with Gasteiger partial charge in [-0.05, 0) is 54.5 Å². The molecule has 1 fully saturated rings. The first-order chi connectivity index (χ1) is 11.0. The summed E-state index contributed by atoms with van der Waals surface area (Å²) in [6, 6.07) is 6.09. The number of carbonyl (C=O) groups excluding carboxylic acids is 1. The van der Waals surface area contributed by atoms with Gasteiger partial charge in [-0.2, -0.15) is 11.8 Å². The number of rotatable bonds is 7. The molecule has 1 aromatic carbocycles. The molecule has 0 unspecified atom stereocenters. The summed E-state index contributed by atoms with van der Waals surface area (Å²) >= 11 is 1.96. The molecule has 1 amide bonds. The molecule has 1 aliphatic rings. The molecule has 0 aromatic heterocycles. The second-order valence-corrected chi connectivity index (χ2v) is 8.94. The van der Waals surface area contributed by atoms with Crippen molar-refractivity contribution in [2.75, 3.05) is 37.5 Å². The Labute approximate surface area is 142 Å². The molecule has 2 rings (SSSR count). The van der Waals surface area contributed by atoms with E-state index in [1.54, 1.807) is 12.1 Å². The van der Waals surface area contributed by atoms with Gasteiger partial charge in [-0.25, -0.2) is 8.42 Å². The van der Waals surface area contributed by atoms with Crippen molar-refractivity contribution < 1.29 is 17.9 Å². The van der Waals surface area contributed by atoms with E-state index in [0.29, 0.717) is 18.0 Å². The molecule has 1 saturated heterocycles. The quantitative estimate of drug-likeness (QED) is 0.808. The predicted molar refractivity (Wildman–Crippen MR) is 92.8 cm³/mol. The van der Waals surface area contributed by atoms with Crippen molar-refractivity contribution in [3.63, 3.8) is 0 Å². The van der Waals surface area contributed by atoms with Crippen LogP contribution in [0.2, 0.25) is 0 Å². The molecule has 0 radical (unpaired) electrons. The van der Waals surface area contributed by atoms with Crippen LogP contribution in [-0.4, -0.2) is 51.8 Å². The first-order valence-corrected chi connectivity index (χ1v) is 10.5. The monoisotopic (exact) mass is 357 g/mol. The minimum absolute atomic E-state index is 0.0608. The van der Waals surface area contributed by atoms with Gasteiger partial charge in [0.15, 0.2) is 9.84 Å². The molecule has 1 heterocycles. The summed E-state index contributed by atoms with van der Waals surface area (Å²) in [5.41, 5.74) is 0.487. The predicted octanol–water partition coefficient (Wildman–Crippen LogP) is 1.98. The van der Waals surface area contributed by atoms with Crippen molar-refractivity contribution in [2.45, 2.75) is 17.7 Å². The first kappa shape index (κ1) is 18.3. The van der Waals surface area contributed by atoms with Crippen LogP contribution >= 0.6 is 11.8 Å². The van der Waals surface area contributed by atoms with E-state index < -0.39 is 9.84 Å². The van der Waals surface area contributed by atoms with E-state index in [2.05, 4.69) is 5.32 Å². The Balaban J connectivity index is 1.91. The van der Waals surface area contributed by atoms with Crippen LogP contribution in [0, 0.1) is 5.92 Å². The van der Waals surface area contributed by atoms with E-state index in [4.69, 9.17) is 4.74 Å². The highest BCUT2D eigenvalue weighted by atomic mass is 32.2. The van der Waals surface area contributed by atoms with Gasteiger partial charge >= 0.3 is 0 Å². The number of benzene rings is 1. The van der Waals surface area contributed by atoms with Crippen LogP contribution in [0.5, 0.6) is 0 Å². The normalized spacial score (nSPS) is 16.2. The molecular weight excluding hydrogens is 334 g/mol. The van der Waals surface area contributed by atoms with Crippen LogP contribution < -0.4 is 5.32 Å². The highest BCUT2D eigenvalue weighted by Gasteiger charge is 2.17. The van der Waals surface area contributed by atoms with Gasteiger partial charge in [0, 0.05) is 19.2 Å². The van der Waals surface area contributed by atoms with E-state index in [1.165, 1.54) is 19.2 Å². The van der Waals surface area contributed by atoms with Crippen LogP contribution in [0.4, 0.5) is 0 Å². The molecule has 0 bridgehead atoms. The maximum atomic E-state index is 12.1. The number of hydrogen-bond donors (Lipinski definition) is 1. The number of ether oxygens (including phenoxy) is 1. The number of thioether (sulfide) groups is 1. The fourth-order valence-corrected chi connectivity index (χ4v) is 4.79. The first-order valence-electron chi connectivity index (χ1n) is 7.70. The van der Waals surface area contributed by atoms with Crippen molar-refractivity contribution in [3.8, 4) is 0 Å². The van der Waals surface area contributed by atoms with Crippen molar-refractivity contribution in [3.05, 3.63) is 29.8 Å².